The van der Waals surface area contributed by atoms with Crippen LogP contribution in [0.1, 0.15) is 23.0 Å². The minimum Gasteiger partial charge on any atom is -0.491 e. The maximum Gasteiger partial charge on any atom is 0.416 e. The lowest BCUT2D eigenvalue weighted by molar-refractivity contribution is -0.137. The van der Waals surface area contributed by atoms with E-state index in [-0.39, 0.29) is 48.0 Å². The molecule has 1 heterocycles. The summed E-state index contributed by atoms with van der Waals surface area (Å²) in [5, 5.41) is 10.1. The van der Waals surface area contributed by atoms with Crippen molar-refractivity contribution in [3.63, 3.8) is 0 Å². The van der Waals surface area contributed by atoms with Crippen molar-refractivity contribution >= 4 is 16.9 Å². The molecule has 2 aromatic carbocycles. The number of fused-ring (bicyclic) bond motifs is 1. The van der Waals surface area contributed by atoms with E-state index in [1.807, 2.05) is 0 Å². The van der Waals surface area contributed by atoms with Crippen LogP contribution in [0.2, 0.25) is 0 Å². The number of rotatable bonds is 8. The van der Waals surface area contributed by atoms with E-state index < -0.39 is 29.2 Å². The van der Waals surface area contributed by atoms with Gasteiger partial charge in [0, 0.05) is 6.07 Å². The van der Waals surface area contributed by atoms with Gasteiger partial charge in [-0.15, -0.1) is 0 Å². The summed E-state index contributed by atoms with van der Waals surface area (Å²) in [4.78, 5) is 24.3. The Hall–Kier alpha value is -3.53. The molecule has 7 nitrogen and oxygen atoms in total. The second-order valence-corrected chi connectivity index (χ2v) is 6.63. The molecule has 0 fully saturated rings. The normalized spacial score (nSPS) is 12.4. The Kier molecular flexibility index (Phi) is 7.04. The first-order chi connectivity index (χ1) is 15.2. The zero-order valence-electron chi connectivity index (χ0n) is 16.8. The molecule has 1 unspecified atom stereocenters. The van der Waals surface area contributed by atoms with E-state index >= 15 is 0 Å². The molecule has 0 aliphatic carbocycles. The van der Waals surface area contributed by atoms with Gasteiger partial charge in [-0.2, -0.15) is 13.2 Å². The van der Waals surface area contributed by atoms with E-state index in [0.717, 1.165) is 18.2 Å². The average molecular weight is 452 g/mol. The predicted octanol–water partition coefficient (Wildman–Crippen LogP) is 3.81. The van der Waals surface area contributed by atoms with Crippen LogP contribution in [0.15, 0.2) is 57.7 Å². The molecule has 0 amide bonds. The predicted molar refractivity (Wildman–Crippen MR) is 107 cm³/mol. The summed E-state index contributed by atoms with van der Waals surface area (Å²) in [6.45, 7) is 1.08. The molecule has 10 heteroatoms. The number of ether oxygens (including phenoxy) is 3. The number of benzene rings is 2. The van der Waals surface area contributed by atoms with Crippen molar-refractivity contribution in [3.05, 3.63) is 70.1 Å². The first kappa shape index (κ1) is 23.1. The summed E-state index contributed by atoms with van der Waals surface area (Å²) < 4.78 is 59.2. The van der Waals surface area contributed by atoms with Crippen molar-refractivity contribution in [2.75, 3.05) is 19.8 Å². The fourth-order valence-electron chi connectivity index (χ4n) is 2.79. The topological polar surface area (TPSA) is 95.2 Å². The van der Waals surface area contributed by atoms with Gasteiger partial charge < -0.3 is 23.7 Å². The van der Waals surface area contributed by atoms with Gasteiger partial charge in [0.1, 0.15) is 41.8 Å². The number of carbonyl (C=O) groups excluding carboxylic acids is 1. The molecule has 0 spiro atoms. The molecule has 3 rings (SSSR count). The quantitative estimate of drug-likeness (QED) is 0.520. The van der Waals surface area contributed by atoms with Crippen LogP contribution in [0.3, 0.4) is 0 Å². The number of hydrogen-bond acceptors (Lipinski definition) is 7. The van der Waals surface area contributed by atoms with Crippen LogP contribution in [0.25, 0.3) is 11.0 Å². The molecule has 0 bridgehead atoms. The first-order valence-electron chi connectivity index (χ1n) is 9.54. The Morgan fingerprint density at radius 3 is 2.53 bits per heavy atom. The number of halogens is 3. The Labute approximate surface area is 179 Å². The highest BCUT2D eigenvalue weighted by Gasteiger charge is 2.30. The van der Waals surface area contributed by atoms with E-state index in [1.54, 1.807) is 6.92 Å². The van der Waals surface area contributed by atoms with Crippen LogP contribution in [0.4, 0.5) is 13.2 Å². The highest BCUT2D eigenvalue weighted by Crippen LogP contribution is 2.31. The molecule has 0 saturated heterocycles. The fourth-order valence-corrected chi connectivity index (χ4v) is 2.79. The van der Waals surface area contributed by atoms with E-state index in [2.05, 4.69) is 0 Å². The number of hydrogen-bond donors (Lipinski definition) is 1. The largest absolute Gasteiger partial charge is 0.491 e. The second kappa shape index (κ2) is 9.73. The summed E-state index contributed by atoms with van der Waals surface area (Å²) in [5.74, 6) is -0.989. The van der Waals surface area contributed by atoms with E-state index in [1.165, 1.54) is 30.3 Å². The van der Waals surface area contributed by atoms with Crippen LogP contribution in [0.5, 0.6) is 11.5 Å². The average Bonchev–Trinajstić information content (AvgIpc) is 2.75. The lowest BCUT2D eigenvalue weighted by Crippen LogP contribution is -2.25. The SMILES string of the molecule is CCOC(=O)c1cc(=O)c2c(OCC(O)COc3cccc(C(F)(F)F)c3)cccc2o1. The fraction of sp³-hybridized carbons (Fsp3) is 0.273. The second-order valence-electron chi connectivity index (χ2n) is 6.63. The highest BCUT2D eigenvalue weighted by molar-refractivity contribution is 5.90. The molecular formula is C22H19F3O7. The number of aliphatic hydroxyl groups is 1. The number of alkyl halides is 3. The number of esters is 1. The first-order valence-corrected chi connectivity index (χ1v) is 9.54. The summed E-state index contributed by atoms with van der Waals surface area (Å²) in [6, 6.07) is 9.72. The molecule has 0 aliphatic heterocycles. The van der Waals surface area contributed by atoms with Gasteiger partial charge >= 0.3 is 12.1 Å². The zero-order valence-corrected chi connectivity index (χ0v) is 16.8. The standard InChI is InChI=1S/C22H19F3O7/c1-2-29-21(28)19-10-16(27)20-17(7-4-8-18(20)32-19)31-12-14(26)11-30-15-6-3-5-13(9-15)22(23,24)25/h3-10,14,26H,2,11-12H2,1H3. The molecule has 0 aliphatic rings. The Morgan fingerprint density at radius 2 is 1.81 bits per heavy atom. The molecule has 1 N–H and O–H groups in total. The van der Waals surface area contributed by atoms with E-state index in [4.69, 9.17) is 18.6 Å². The number of carbonyl (C=O) groups is 1. The number of aliphatic hydroxyl groups excluding tert-OH is 1. The third-order valence-electron chi connectivity index (χ3n) is 4.23. The third-order valence-corrected chi connectivity index (χ3v) is 4.23. The van der Waals surface area contributed by atoms with Gasteiger partial charge in [0.15, 0.2) is 5.43 Å². The van der Waals surface area contributed by atoms with Gasteiger partial charge in [-0.25, -0.2) is 4.79 Å². The molecule has 1 aromatic heterocycles. The Morgan fingerprint density at radius 1 is 1.09 bits per heavy atom. The van der Waals surface area contributed by atoms with Crippen LogP contribution in [0, 0.1) is 0 Å². The minimum absolute atomic E-state index is 0.0591. The van der Waals surface area contributed by atoms with Gasteiger partial charge in [0.05, 0.1) is 12.2 Å². The van der Waals surface area contributed by atoms with E-state index in [9.17, 15) is 27.9 Å². The van der Waals surface area contributed by atoms with Crippen molar-refractivity contribution in [2.45, 2.75) is 19.2 Å². The van der Waals surface area contributed by atoms with Crippen molar-refractivity contribution in [2.24, 2.45) is 0 Å². The molecule has 170 valence electrons. The maximum absolute atomic E-state index is 12.8. The zero-order chi connectivity index (χ0) is 23.3. The molecule has 3 aromatic rings. The van der Waals surface area contributed by atoms with Crippen molar-refractivity contribution < 1.29 is 41.7 Å². The van der Waals surface area contributed by atoms with Crippen LogP contribution >= 0.6 is 0 Å². The van der Waals surface area contributed by atoms with Gasteiger partial charge in [0.2, 0.25) is 5.76 Å². The van der Waals surface area contributed by atoms with Gasteiger partial charge in [-0.3, -0.25) is 4.79 Å². The highest BCUT2D eigenvalue weighted by atomic mass is 19.4. The minimum atomic E-state index is -4.51. The molecule has 0 radical (unpaired) electrons. The summed E-state index contributed by atoms with van der Waals surface area (Å²) in [7, 11) is 0. The smallest absolute Gasteiger partial charge is 0.416 e. The van der Waals surface area contributed by atoms with Crippen molar-refractivity contribution in [1.82, 2.24) is 0 Å². The van der Waals surface area contributed by atoms with Gasteiger partial charge in [0.25, 0.3) is 0 Å². The summed E-state index contributed by atoms with van der Waals surface area (Å²) >= 11 is 0. The van der Waals surface area contributed by atoms with Crippen molar-refractivity contribution in [1.29, 1.82) is 0 Å². The van der Waals surface area contributed by atoms with Gasteiger partial charge in [-0.05, 0) is 37.3 Å². The molecular weight excluding hydrogens is 433 g/mol. The maximum atomic E-state index is 12.8. The molecule has 0 saturated carbocycles. The third kappa shape index (κ3) is 5.58. The summed E-state index contributed by atoms with van der Waals surface area (Å²) in [5.41, 5.74) is -1.32. The van der Waals surface area contributed by atoms with Crippen molar-refractivity contribution in [3.8, 4) is 11.5 Å². The monoisotopic (exact) mass is 452 g/mol. The van der Waals surface area contributed by atoms with Crippen LogP contribution in [-0.4, -0.2) is 37.0 Å². The Bertz CT molecular complexity index is 1150. The van der Waals surface area contributed by atoms with Crippen LogP contribution < -0.4 is 14.9 Å². The van der Waals surface area contributed by atoms with E-state index in [0.29, 0.717) is 0 Å². The summed E-state index contributed by atoms with van der Waals surface area (Å²) in [6.07, 6.45) is -5.71. The van der Waals surface area contributed by atoms with Gasteiger partial charge in [-0.1, -0.05) is 12.1 Å². The van der Waals surface area contributed by atoms with Crippen LogP contribution in [-0.2, 0) is 10.9 Å². The lowest BCUT2D eigenvalue weighted by atomic mass is 10.2. The Balaban J connectivity index is 1.67. The molecule has 1 atom stereocenters. The lowest BCUT2D eigenvalue weighted by Gasteiger charge is -2.15. The molecule has 32 heavy (non-hydrogen) atoms.